The van der Waals surface area contributed by atoms with Crippen LogP contribution in [0.5, 0.6) is 0 Å². The van der Waals surface area contributed by atoms with Crippen LogP contribution in [0.2, 0.25) is 0 Å². The van der Waals surface area contributed by atoms with Gasteiger partial charge in [-0.3, -0.25) is 4.98 Å². The molecule has 3 rings (SSSR count). The van der Waals surface area contributed by atoms with Crippen LogP contribution in [0.25, 0.3) is 11.4 Å². The van der Waals surface area contributed by atoms with Crippen molar-refractivity contribution in [2.24, 2.45) is 5.92 Å². The van der Waals surface area contributed by atoms with Crippen LogP contribution >= 0.6 is 15.9 Å². The monoisotopic (exact) mass is 290 g/mol. The summed E-state index contributed by atoms with van der Waals surface area (Å²) in [6.45, 7) is 0. The Hall–Kier alpha value is -1.74. The van der Waals surface area contributed by atoms with Gasteiger partial charge in [-0.2, -0.15) is 10.2 Å². The van der Waals surface area contributed by atoms with E-state index in [9.17, 15) is 0 Å². The zero-order chi connectivity index (χ0) is 11.8. The molecule has 0 amide bonds. The van der Waals surface area contributed by atoms with Crippen molar-refractivity contribution in [1.29, 1.82) is 5.26 Å². The van der Waals surface area contributed by atoms with Gasteiger partial charge in [-0.15, -0.1) is 0 Å². The number of nitrogens with zero attached hydrogens (tertiary/aromatic N) is 4. The third kappa shape index (κ3) is 1.94. The summed E-state index contributed by atoms with van der Waals surface area (Å²) in [5, 5.41) is 12.6. The molecule has 0 radical (unpaired) electrons. The number of aromatic nitrogens is 3. The van der Waals surface area contributed by atoms with Crippen LogP contribution in [-0.4, -0.2) is 15.1 Å². The topological polar surface area (TPSA) is 75.6 Å². The fourth-order valence-corrected chi connectivity index (χ4v) is 2.01. The molecule has 2 heterocycles. The third-order valence-corrected chi connectivity index (χ3v) is 3.11. The van der Waals surface area contributed by atoms with Crippen LogP contribution in [0.4, 0.5) is 0 Å². The molecular weight excluding hydrogens is 284 g/mol. The fraction of sp³-hybridized carbons (Fsp3) is 0.273. The van der Waals surface area contributed by atoms with Crippen molar-refractivity contribution in [2.45, 2.75) is 12.3 Å². The van der Waals surface area contributed by atoms with Crippen molar-refractivity contribution in [3.05, 3.63) is 28.8 Å². The van der Waals surface area contributed by atoms with Gasteiger partial charge in [0.15, 0.2) is 0 Å². The summed E-state index contributed by atoms with van der Waals surface area (Å²) in [5.41, 5.74) is 0.795. The molecule has 17 heavy (non-hydrogen) atoms. The van der Waals surface area contributed by atoms with Crippen molar-refractivity contribution in [2.75, 3.05) is 0 Å². The van der Waals surface area contributed by atoms with Gasteiger partial charge in [0.25, 0.3) is 0 Å². The minimum absolute atomic E-state index is 0.0314. The zero-order valence-electron chi connectivity index (χ0n) is 8.67. The molecule has 1 aliphatic carbocycles. The van der Waals surface area contributed by atoms with Gasteiger partial charge in [-0.25, -0.2) is 0 Å². The van der Waals surface area contributed by atoms with Crippen LogP contribution in [0.15, 0.2) is 27.5 Å². The lowest BCUT2D eigenvalue weighted by Crippen LogP contribution is -1.84. The van der Waals surface area contributed by atoms with Gasteiger partial charge in [-0.1, -0.05) is 5.16 Å². The lowest BCUT2D eigenvalue weighted by molar-refractivity contribution is 0.378. The summed E-state index contributed by atoms with van der Waals surface area (Å²) >= 11 is 3.34. The number of rotatable bonds is 2. The van der Waals surface area contributed by atoms with Gasteiger partial charge in [-0.05, 0) is 28.4 Å². The minimum Gasteiger partial charge on any atom is -0.339 e. The molecule has 2 aromatic heterocycles. The summed E-state index contributed by atoms with van der Waals surface area (Å²) in [4.78, 5) is 8.33. The molecule has 1 aliphatic rings. The first-order valence-electron chi connectivity index (χ1n) is 5.12. The maximum absolute atomic E-state index is 8.74. The fourth-order valence-electron chi connectivity index (χ4n) is 1.65. The molecule has 0 bridgehead atoms. The van der Waals surface area contributed by atoms with Crippen LogP contribution in [0.3, 0.4) is 0 Å². The SMILES string of the molecule is N#CC1CC1c1nc(-c2cncc(Br)c2)no1. The number of hydrogen-bond acceptors (Lipinski definition) is 5. The van der Waals surface area contributed by atoms with Gasteiger partial charge < -0.3 is 4.52 Å². The Bertz CT molecular complexity index is 604. The van der Waals surface area contributed by atoms with Crippen molar-refractivity contribution >= 4 is 15.9 Å². The van der Waals surface area contributed by atoms with E-state index in [4.69, 9.17) is 9.78 Å². The number of nitriles is 1. The van der Waals surface area contributed by atoms with Crippen LogP contribution in [0, 0.1) is 17.2 Å². The summed E-state index contributed by atoms with van der Waals surface area (Å²) in [5.74, 6) is 1.20. The molecule has 0 saturated heterocycles. The summed E-state index contributed by atoms with van der Waals surface area (Å²) in [6, 6.07) is 4.07. The standard InChI is InChI=1S/C11H7BrN4O/c12-8-1-7(4-14-5-8)10-15-11(17-16-10)9-2-6(9)3-13/h1,4-6,9H,2H2. The van der Waals surface area contributed by atoms with Crippen molar-refractivity contribution < 1.29 is 4.52 Å². The molecule has 84 valence electrons. The van der Waals surface area contributed by atoms with Gasteiger partial charge in [0.1, 0.15) is 0 Å². The predicted octanol–water partition coefficient (Wildman–Crippen LogP) is 2.52. The molecule has 2 unspecified atom stereocenters. The highest BCUT2D eigenvalue weighted by atomic mass is 79.9. The molecule has 6 heteroatoms. The molecule has 1 fully saturated rings. The highest BCUT2D eigenvalue weighted by Crippen LogP contribution is 2.46. The summed E-state index contributed by atoms with van der Waals surface area (Å²) in [6.07, 6.45) is 4.18. The maximum Gasteiger partial charge on any atom is 0.231 e. The first kappa shape index (κ1) is 10.4. The maximum atomic E-state index is 8.74. The molecule has 5 nitrogen and oxygen atoms in total. The first-order valence-corrected chi connectivity index (χ1v) is 5.91. The highest BCUT2D eigenvalue weighted by molar-refractivity contribution is 9.10. The van der Waals surface area contributed by atoms with E-state index >= 15 is 0 Å². The number of hydrogen-bond donors (Lipinski definition) is 0. The molecule has 0 N–H and O–H groups in total. The lowest BCUT2D eigenvalue weighted by Gasteiger charge is -1.93. The van der Waals surface area contributed by atoms with Gasteiger partial charge >= 0.3 is 0 Å². The molecule has 0 spiro atoms. The Morgan fingerprint density at radius 1 is 1.47 bits per heavy atom. The second-order valence-corrected chi connectivity index (χ2v) is 4.84. The predicted molar refractivity (Wildman–Crippen MR) is 61.7 cm³/mol. The smallest absolute Gasteiger partial charge is 0.231 e. The van der Waals surface area contributed by atoms with Gasteiger partial charge in [0.2, 0.25) is 11.7 Å². The lowest BCUT2D eigenvalue weighted by atomic mass is 10.3. The van der Waals surface area contributed by atoms with E-state index in [1.54, 1.807) is 12.4 Å². The van der Waals surface area contributed by atoms with E-state index in [-0.39, 0.29) is 11.8 Å². The first-order chi connectivity index (χ1) is 8.28. The van der Waals surface area contributed by atoms with E-state index < -0.39 is 0 Å². The van der Waals surface area contributed by atoms with Crippen LogP contribution in [-0.2, 0) is 0 Å². The summed E-state index contributed by atoms with van der Waals surface area (Å²) < 4.78 is 6.02. The quantitative estimate of drug-likeness (QED) is 0.849. The molecule has 0 aromatic carbocycles. The van der Waals surface area contributed by atoms with E-state index in [2.05, 4.69) is 37.1 Å². The number of pyridine rings is 1. The average molecular weight is 291 g/mol. The average Bonchev–Trinajstić information content (AvgIpc) is 2.97. The van der Waals surface area contributed by atoms with Crippen LogP contribution < -0.4 is 0 Å². The molecule has 1 saturated carbocycles. The molecular formula is C11H7BrN4O. The number of halogens is 1. The Morgan fingerprint density at radius 2 is 2.35 bits per heavy atom. The van der Waals surface area contributed by atoms with Crippen molar-refractivity contribution in [3.8, 4) is 17.5 Å². The second kappa shape index (κ2) is 3.93. The van der Waals surface area contributed by atoms with E-state index in [1.807, 2.05) is 6.07 Å². The van der Waals surface area contributed by atoms with Crippen molar-refractivity contribution in [1.82, 2.24) is 15.1 Å². The Labute approximate surface area is 106 Å². The third-order valence-electron chi connectivity index (χ3n) is 2.68. The normalized spacial score (nSPS) is 22.1. The molecule has 2 aromatic rings. The Kier molecular flexibility index (Phi) is 2.41. The van der Waals surface area contributed by atoms with Gasteiger partial charge in [0.05, 0.1) is 17.9 Å². The van der Waals surface area contributed by atoms with Gasteiger partial charge in [0, 0.05) is 22.4 Å². The second-order valence-electron chi connectivity index (χ2n) is 3.93. The van der Waals surface area contributed by atoms with Crippen LogP contribution in [0.1, 0.15) is 18.2 Å². The minimum atomic E-state index is 0.0314. The van der Waals surface area contributed by atoms with E-state index in [0.717, 1.165) is 16.5 Å². The Balaban J connectivity index is 1.89. The largest absolute Gasteiger partial charge is 0.339 e. The summed E-state index contributed by atoms with van der Waals surface area (Å²) in [7, 11) is 0. The van der Waals surface area contributed by atoms with E-state index in [0.29, 0.717) is 11.7 Å². The highest BCUT2D eigenvalue weighted by Gasteiger charge is 2.43. The van der Waals surface area contributed by atoms with E-state index in [1.165, 1.54) is 0 Å². The Morgan fingerprint density at radius 3 is 3.06 bits per heavy atom. The zero-order valence-corrected chi connectivity index (χ0v) is 10.3. The molecule has 2 atom stereocenters. The molecule has 0 aliphatic heterocycles. The van der Waals surface area contributed by atoms with Crippen molar-refractivity contribution in [3.63, 3.8) is 0 Å².